The zero-order chi connectivity index (χ0) is 13.8. The predicted octanol–water partition coefficient (Wildman–Crippen LogP) is 2.58. The molecule has 1 aromatic carbocycles. The van der Waals surface area contributed by atoms with Crippen LogP contribution in [-0.2, 0) is 9.53 Å². The molecule has 1 saturated heterocycles. The number of hydrogen-bond donors (Lipinski definition) is 2. The molecule has 0 aliphatic carbocycles. The Labute approximate surface area is 134 Å². The van der Waals surface area contributed by atoms with Crippen LogP contribution in [0, 0.1) is 0 Å². The number of benzene rings is 1. The molecule has 7 heteroatoms. The molecule has 0 saturated carbocycles. The fourth-order valence-electron chi connectivity index (χ4n) is 1.91. The molecule has 1 fully saturated rings. The van der Waals surface area contributed by atoms with Crippen LogP contribution in [0.3, 0.4) is 0 Å². The van der Waals surface area contributed by atoms with Crippen LogP contribution in [0.5, 0.6) is 0 Å². The van der Waals surface area contributed by atoms with Crippen LogP contribution in [0.2, 0.25) is 10.0 Å². The van der Waals surface area contributed by atoms with Gasteiger partial charge in [-0.15, -0.1) is 12.4 Å². The molecule has 1 aliphatic heterocycles. The van der Waals surface area contributed by atoms with E-state index in [9.17, 15) is 4.79 Å². The average Bonchev–Trinajstić information content (AvgIpc) is 2.42. The molecule has 2 atom stereocenters. The van der Waals surface area contributed by atoms with Crippen molar-refractivity contribution in [2.24, 2.45) is 0 Å². The highest BCUT2D eigenvalue weighted by atomic mass is 35.5. The third-order valence-corrected chi connectivity index (χ3v) is 3.78. The molecule has 112 valence electrons. The molecule has 1 heterocycles. The summed E-state index contributed by atoms with van der Waals surface area (Å²) in [6.45, 7) is 3.65. The van der Waals surface area contributed by atoms with Crippen molar-refractivity contribution in [1.29, 1.82) is 0 Å². The lowest BCUT2D eigenvalue weighted by Crippen LogP contribution is -2.51. The second-order valence-electron chi connectivity index (χ2n) is 4.49. The summed E-state index contributed by atoms with van der Waals surface area (Å²) in [6, 6.07) is 4.91. The van der Waals surface area contributed by atoms with Crippen LogP contribution in [0.1, 0.15) is 18.5 Å². The fraction of sp³-hybridized carbons (Fsp3) is 0.462. The van der Waals surface area contributed by atoms with Gasteiger partial charge in [-0.2, -0.15) is 0 Å². The Balaban J connectivity index is 0.00000200. The first-order chi connectivity index (χ1) is 9.08. The van der Waals surface area contributed by atoms with Crippen LogP contribution in [0.15, 0.2) is 18.2 Å². The highest BCUT2D eigenvalue weighted by molar-refractivity contribution is 6.42. The van der Waals surface area contributed by atoms with E-state index in [1.165, 1.54) is 0 Å². The summed E-state index contributed by atoms with van der Waals surface area (Å²) in [5.74, 6) is -0.0710. The topological polar surface area (TPSA) is 50.4 Å². The van der Waals surface area contributed by atoms with Crippen molar-refractivity contribution in [2.45, 2.75) is 19.0 Å². The van der Waals surface area contributed by atoms with Gasteiger partial charge in [-0.05, 0) is 24.6 Å². The minimum atomic E-state index is -0.293. The molecule has 20 heavy (non-hydrogen) atoms. The molecule has 2 N–H and O–H groups in total. The van der Waals surface area contributed by atoms with Crippen molar-refractivity contribution in [2.75, 3.05) is 19.8 Å². The Morgan fingerprint density at radius 1 is 1.45 bits per heavy atom. The van der Waals surface area contributed by atoms with Gasteiger partial charge in [-0.3, -0.25) is 4.79 Å². The number of morpholine rings is 1. The molecule has 1 amide bonds. The zero-order valence-corrected chi connectivity index (χ0v) is 13.3. The van der Waals surface area contributed by atoms with E-state index in [0.29, 0.717) is 29.8 Å². The summed E-state index contributed by atoms with van der Waals surface area (Å²) in [6.07, 6.45) is 0. The fourth-order valence-corrected chi connectivity index (χ4v) is 2.22. The second kappa shape index (κ2) is 8.05. The molecular weight excluding hydrogens is 323 g/mol. The van der Waals surface area contributed by atoms with Crippen molar-refractivity contribution in [3.05, 3.63) is 33.8 Å². The monoisotopic (exact) mass is 338 g/mol. The first kappa shape index (κ1) is 17.5. The molecule has 0 spiro atoms. The minimum Gasteiger partial charge on any atom is -0.378 e. The summed E-state index contributed by atoms with van der Waals surface area (Å²) in [5, 5.41) is 7.03. The lowest BCUT2D eigenvalue weighted by molar-refractivity contribution is -0.126. The highest BCUT2D eigenvalue weighted by Crippen LogP contribution is 2.25. The quantitative estimate of drug-likeness (QED) is 0.890. The van der Waals surface area contributed by atoms with Crippen molar-refractivity contribution in [1.82, 2.24) is 10.6 Å². The highest BCUT2D eigenvalue weighted by Gasteiger charge is 2.22. The Kier molecular flexibility index (Phi) is 7.06. The SMILES string of the molecule is CC(NC(=O)C1COCCN1)c1ccc(Cl)c(Cl)c1.Cl. The zero-order valence-electron chi connectivity index (χ0n) is 11.0. The number of amides is 1. The molecule has 1 aliphatic rings. The molecule has 1 aromatic rings. The number of ether oxygens (including phenoxy) is 1. The molecule has 0 radical (unpaired) electrons. The van der Waals surface area contributed by atoms with Crippen LogP contribution in [0.25, 0.3) is 0 Å². The molecule has 0 aromatic heterocycles. The van der Waals surface area contributed by atoms with E-state index in [4.69, 9.17) is 27.9 Å². The Bertz CT molecular complexity index is 465. The maximum Gasteiger partial charge on any atom is 0.240 e. The smallest absolute Gasteiger partial charge is 0.240 e. The van der Waals surface area contributed by atoms with Crippen molar-refractivity contribution >= 4 is 41.5 Å². The summed E-state index contributed by atoms with van der Waals surface area (Å²) < 4.78 is 5.26. The molecule has 4 nitrogen and oxygen atoms in total. The van der Waals surface area contributed by atoms with Gasteiger partial charge in [-0.1, -0.05) is 29.3 Å². The van der Waals surface area contributed by atoms with Gasteiger partial charge in [0.15, 0.2) is 0 Å². The van der Waals surface area contributed by atoms with Crippen molar-refractivity contribution in [3.8, 4) is 0 Å². The summed E-state index contributed by atoms with van der Waals surface area (Å²) in [4.78, 5) is 12.0. The maximum atomic E-state index is 12.0. The standard InChI is InChI=1S/C13H16Cl2N2O2.ClH/c1-8(9-2-3-10(14)11(15)6-9)17-13(18)12-7-19-5-4-16-12;/h2-3,6,8,12,16H,4-5,7H2,1H3,(H,17,18);1H. The molecule has 2 unspecified atom stereocenters. The lowest BCUT2D eigenvalue weighted by Gasteiger charge is -2.25. The van der Waals surface area contributed by atoms with E-state index >= 15 is 0 Å². The summed E-state index contributed by atoms with van der Waals surface area (Å²) in [7, 11) is 0. The van der Waals surface area contributed by atoms with E-state index < -0.39 is 0 Å². The van der Waals surface area contributed by atoms with Gasteiger partial charge in [0.1, 0.15) is 6.04 Å². The summed E-state index contributed by atoms with van der Waals surface area (Å²) >= 11 is 11.8. The number of nitrogens with one attached hydrogen (secondary N) is 2. The van der Waals surface area contributed by atoms with Gasteiger partial charge in [0.25, 0.3) is 0 Å². The van der Waals surface area contributed by atoms with Gasteiger partial charge in [0.05, 0.1) is 29.3 Å². The maximum absolute atomic E-state index is 12.0. The third kappa shape index (κ3) is 4.50. The van der Waals surface area contributed by atoms with Crippen LogP contribution < -0.4 is 10.6 Å². The summed E-state index contributed by atoms with van der Waals surface area (Å²) in [5.41, 5.74) is 0.916. The Morgan fingerprint density at radius 3 is 2.80 bits per heavy atom. The number of rotatable bonds is 3. The van der Waals surface area contributed by atoms with Crippen LogP contribution in [-0.4, -0.2) is 31.7 Å². The lowest BCUT2D eigenvalue weighted by atomic mass is 10.1. The van der Waals surface area contributed by atoms with E-state index in [1.54, 1.807) is 12.1 Å². The molecular formula is C13H17Cl3N2O2. The van der Waals surface area contributed by atoms with Gasteiger partial charge in [0.2, 0.25) is 5.91 Å². The largest absolute Gasteiger partial charge is 0.378 e. The first-order valence-corrected chi connectivity index (χ1v) is 6.90. The van der Waals surface area contributed by atoms with E-state index in [0.717, 1.165) is 5.56 Å². The third-order valence-electron chi connectivity index (χ3n) is 3.04. The van der Waals surface area contributed by atoms with Gasteiger partial charge in [0, 0.05) is 6.54 Å². The van der Waals surface area contributed by atoms with Crippen LogP contribution in [0.4, 0.5) is 0 Å². The van der Waals surface area contributed by atoms with Crippen LogP contribution >= 0.6 is 35.6 Å². The van der Waals surface area contributed by atoms with Gasteiger partial charge < -0.3 is 15.4 Å². The minimum absolute atomic E-state index is 0. The predicted molar refractivity (Wildman–Crippen MR) is 82.9 cm³/mol. The molecule has 0 bridgehead atoms. The Morgan fingerprint density at radius 2 is 2.20 bits per heavy atom. The number of hydrogen-bond acceptors (Lipinski definition) is 3. The average molecular weight is 340 g/mol. The van der Waals surface area contributed by atoms with E-state index in [-0.39, 0.29) is 30.4 Å². The van der Waals surface area contributed by atoms with E-state index in [1.807, 2.05) is 13.0 Å². The number of carbonyl (C=O) groups excluding carboxylic acids is 1. The number of carbonyl (C=O) groups is 1. The second-order valence-corrected chi connectivity index (χ2v) is 5.30. The normalized spacial score (nSPS) is 19.9. The van der Waals surface area contributed by atoms with Gasteiger partial charge >= 0.3 is 0 Å². The van der Waals surface area contributed by atoms with Crippen molar-refractivity contribution < 1.29 is 9.53 Å². The number of halogens is 3. The Hall–Kier alpha value is -0.520. The van der Waals surface area contributed by atoms with E-state index in [2.05, 4.69) is 10.6 Å². The molecule has 2 rings (SSSR count). The first-order valence-electron chi connectivity index (χ1n) is 6.14. The van der Waals surface area contributed by atoms with Gasteiger partial charge in [-0.25, -0.2) is 0 Å². The van der Waals surface area contributed by atoms with Crippen molar-refractivity contribution in [3.63, 3.8) is 0 Å².